The number of carbonyl (C=O) groups excluding carboxylic acids is 1. The smallest absolute Gasteiger partial charge is 0.302 e. The van der Waals surface area contributed by atoms with E-state index < -0.39 is 0 Å². The Bertz CT molecular complexity index is 206. The summed E-state index contributed by atoms with van der Waals surface area (Å²) in [5.41, 5.74) is -0.0211. The molecule has 0 aromatic rings. The number of hydrogen-bond acceptors (Lipinski definition) is 3. The largest absolute Gasteiger partial charge is 0.462 e. The monoisotopic (exact) mass is 170 g/mol. The maximum Gasteiger partial charge on any atom is 0.302 e. The van der Waals surface area contributed by atoms with Gasteiger partial charge in [-0.25, -0.2) is 0 Å². The Morgan fingerprint density at radius 3 is 2.67 bits per heavy atom. The molecule has 0 aliphatic carbocycles. The van der Waals surface area contributed by atoms with Crippen molar-refractivity contribution in [2.75, 3.05) is 6.61 Å². The van der Waals surface area contributed by atoms with Crippen LogP contribution in [0.25, 0.3) is 0 Å². The van der Waals surface area contributed by atoms with Crippen molar-refractivity contribution >= 4 is 5.97 Å². The Kier molecular flexibility index (Phi) is 2.52. The molecule has 0 aromatic carbocycles. The molecule has 1 heterocycles. The van der Waals surface area contributed by atoms with Gasteiger partial charge in [0.05, 0.1) is 5.60 Å². The molecule has 1 saturated heterocycles. The fourth-order valence-electron chi connectivity index (χ4n) is 0.909. The van der Waals surface area contributed by atoms with Crippen LogP contribution in [-0.4, -0.2) is 24.3 Å². The normalized spacial score (nSPS) is 25.8. The van der Waals surface area contributed by atoms with Crippen LogP contribution < -0.4 is 0 Å². The van der Waals surface area contributed by atoms with Crippen LogP contribution in [0.1, 0.15) is 20.8 Å². The van der Waals surface area contributed by atoms with Gasteiger partial charge < -0.3 is 9.47 Å². The van der Waals surface area contributed by atoms with Gasteiger partial charge in [0.15, 0.2) is 0 Å². The van der Waals surface area contributed by atoms with Gasteiger partial charge in [-0.3, -0.25) is 4.79 Å². The number of rotatable bonds is 3. The van der Waals surface area contributed by atoms with Crippen LogP contribution in [0.3, 0.4) is 0 Å². The van der Waals surface area contributed by atoms with Crippen molar-refractivity contribution in [2.45, 2.75) is 32.5 Å². The van der Waals surface area contributed by atoms with Crippen molar-refractivity contribution < 1.29 is 14.3 Å². The fourth-order valence-corrected chi connectivity index (χ4v) is 0.909. The molecule has 1 fully saturated rings. The minimum Gasteiger partial charge on any atom is -0.462 e. The van der Waals surface area contributed by atoms with E-state index in [1.165, 1.54) is 6.92 Å². The third-order valence-electron chi connectivity index (χ3n) is 1.75. The van der Waals surface area contributed by atoms with E-state index in [2.05, 4.69) is 0 Å². The minimum absolute atomic E-state index is 0.0211. The molecular formula is C9H14O3. The van der Waals surface area contributed by atoms with E-state index in [4.69, 9.17) is 9.47 Å². The molecule has 68 valence electrons. The van der Waals surface area contributed by atoms with E-state index in [0.717, 1.165) is 0 Å². The highest BCUT2D eigenvalue weighted by Crippen LogP contribution is 2.35. The molecule has 1 aliphatic heterocycles. The quantitative estimate of drug-likeness (QED) is 0.364. The third-order valence-corrected chi connectivity index (χ3v) is 1.75. The second kappa shape index (κ2) is 3.27. The summed E-state index contributed by atoms with van der Waals surface area (Å²) in [5.74, 6) is -0.254. The van der Waals surface area contributed by atoms with Crippen LogP contribution >= 0.6 is 0 Å². The van der Waals surface area contributed by atoms with Crippen molar-refractivity contribution in [1.29, 1.82) is 0 Å². The fraction of sp³-hybridized carbons (Fsp3) is 0.667. The van der Waals surface area contributed by atoms with Gasteiger partial charge in [0.1, 0.15) is 12.7 Å². The lowest BCUT2D eigenvalue weighted by atomic mass is 10.1. The molecule has 3 heteroatoms. The third kappa shape index (κ3) is 2.66. The van der Waals surface area contributed by atoms with Gasteiger partial charge in [-0.2, -0.15) is 0 Å². The summed E-state index contributed by atoms with van der Waals surface area (Å²) in [4.78, 5) is 10.3. The first-order valence-electron chi connectivity index (χ1n) is 4.00. The summed E-state index contributed by atoms with van der Waals surface area (Å²) < 4.78 is 9.99. The Balaban J connectivity index is 2.12. The molecule has 0 radical (unpaired) electrons. The van der Waals surface area contributed by atoms with Crippen molar-refractivity contribution in [3.05, 3.63) is 12.2 Å². The molecule has 0 bridgehead atoms. The molecule has 3 nitrogen and oxygen atoms in total. The summed E-state index contributed by atoms with van der Waals surface area (Å²) in [6.07, 6.45) is 3.91. The first-order chi connectivity index (χ1) is 5.52. The van der Waals surface area contributed by atoms with Crippen LogP contribution in [-0.2, 0) is 14.3 Å². The van der Waals surface area contributed by atoms with Crippen molar-refractivity contribution in [1.82, 2.24) is 0 Å². The van der Waals surface area contributed by atoms with Crippen molar-refractivity contribution in [3.63, 3.8) is 0 Å². The molecular weight excluding hydrogens is 156 g/mol. The van der Waals surface area contributed by atoms with E-state index in [9.17, 15) is 4.79 Å². The molecule has 1 rings (SSSR count). The maximum absolute atomic E-state index is 10.3. The SMILES string of the molecule is CC(=O)OC/C=C/C1OC1(C)C. The predicted octanol–water partition coefficient (Wildman–Crippen LogP) is 1.28. The molecule has 0 N–H and O–H groups in total. The lowest BCUT2D eigenvalue weighted by Crippen LogP contribution is -2.01. The summed E-state index contributed by atoms with van der Waals surface area (Å²) in [6, 6.07) is 0. The van der Waals surface area contributed by atoms with E-state index in [1.807, 2.05) is 19.9 Å². The number of ether oxygens (including phenoxy) is 2. The van der Waals surface area contributed by atoms with Gasteiger partial charge in [0.25, 0.3) is 0 Å². The van der Waals surface area contributed by atoms with Gasteiger partial charge in [0.2, 0.25) is 0 Å². The van der Waals surface area contributed by atoms with E-state index in [0.29, 0.717) is 6.61 Å². The van der Waals surface area contributed by atoms with Crippen LogP contribution in [0.15, 0.2) is 12.2 Å². The van der Waals surface area contributed by atoms with Crippen LogP contribution in [0.5, 0.6) is 0 Å². The van der Waals surface area contributed by atoms with Gasteiger partial charge in [-0.15, -0.1) is 0 Å². The van der Waals surface area contributed by atoms with Gasteiger partial charge in [0, 0.05) is 6.92 Å². The Labute approximate surface area is 72.4 Å². The van der Waals surface area contributed by atoms with E-state index in [-0.39, 0.29) is 17.7 Å². The van der Waals surface area contributed by atoms with Gasteiger partial charge >= 0.3 is 5.97 Å². The zero-order chi connectivity index (χ0) is 9.19. The summed E-state index contributed by atoms with van der Waals surface area (Å²) in [6.45, 7) is 5.78. The predicted molar refractivity (Wildman–Crippen MR) is 44.7 cm³/mol. The van der Waals surface area contributed by atoms with Gasteiger partial charge in [-0.05, 0) is 19.9 Å². The molecule has 12 heavy (non-hydrogen) atoms. The number of hydrogen-bond donors (Lipinski definition) is 0. The maximum atomic E-state index is 10.3. The summed E-state index contributed by atoms with van der Waals surface area (Å²) in [7, 11) is 0. The molecule has 0 aromatic heterocycles. The summed E-state index contributed by atoms with van der Waals surface area (Å²) >= 11 is 0. The van der Waals surface area contributed by atoms with Crippen LogP contribution in [0, 0.1) is 0 Å². The Morgan fingerprint density at radius 1 is 1.67 bits per heavy atom. The molecule has 1 unspecified atom stereocenters. The number of esters is 1. The zero-order valence-corrected chi connectivity index (χ0v) is 7.66. The second-order valence-electron chi connectivity index (χ2n) is 3.37. The van der Waals surface area contributed by atoms with Gasteiger partial charge in [-0.1, -0.05) is 6.08 Å². The Morgan fingerprint density at radius 2 is 2.25 bits per heavy atom. The lowest BCUT2D eigenvalue weighted by molar-refractivity contribution is -0.139. The van der Waals surface area contributed by atoms with E-state index >= 15 is 0 Å². The molecule has 0 amide bonds. The highest BCUT2D eigenvalue weighted by molar-refractivity contribution is 5.65. The first-order valence-corrected chi connectivity index (χ1v) is 4.00. The lowest BCUT2D eigenvalue weighted by Gasteiger charge is -1.93. The van der Waals surface area contributed by atoms with E-state index in [1.54, 1.807) is 6.08 Å². The Hall–Kier alpha value is -0.830. The standard InChI is InChI=1S/C9H14O3/c1-7(10)11-6-4-5-8-9(2,3)12-8/h4-5,8H,6H2,1-3H3/b5-4+. The zero-order valence-electron chi connectivity index (χ0n) is 7.66. The average molecular weight is 170 g/mol. The minimum atomic E-state index is -0.254. The highest BCUT2D eigenvalue weighted by Gasteiger charge is 2.45. The average Bonchev–Trinajstić information content (AvgIpc) is 2.51. The topological polar surface area (TPSA) is 38.8 Å². The number of epoxide rings is 1. The highest BCUT2D eigenvalue weighted by atomic mass is 16.6. The second-order valence-corrected chi connectivity index (χ2v) is 3.37. The van der Waals surface area contributed by atoms with Crippen molar-refractivity contribution in [3.8, 4) is 0 Å². The summed E-state index contributed by atoms with van der Waals surface area (Å²) in [5, 5.41) is 0. The van der Waals surface area contributed by atoms with Crippen molar-refractivity contribution in [2.24, 2.45) is 0 Å². The molecule has 0 saturated carbocycles. The molecule has 0 spiro atoms. The van der Waals surface area contributed by atoms with Crippen LogP contribution in [0.2, 0.25) is 0 Å². The first kappa shape index (κ1) is 9.26. The van der Waals surface area contributed by atoms with Crippen LogP contribution in [0.4, 0.5) is 0 Å². The number of carbonyl (C=O) groups is 1. The molecule has 1 aliphatic rings. The molecule has 1 atom stereocenters.